The van der Waals surface area contributed by atoms with Crippen LogP contribution in [0.15, 0.2) is 35.1 Å². The van der Waals surface area contributed by atoms with E-state index < -0.39 is 11.5 Å². The lowest BCUT2D eigenvalue weighted by Crippen LogP contribution is -2.29. The Kier molecular flexibility index (Phi) is 12.3. The fourth-order valence-corrected chi connectivity index (χ4v) is 3.19. The van der Waals surface area contributed by atoms with Crippen LogP contribution >= 0.6 is 0 Å². The standard InChI is InChI=1S/C23H35BN4O4/c1-4-19(25-3)27-22(31)18-12-10-13-20(26-18)28(17-11-14-21(29)30)16-9-7-5-6-8-15-23(2,24)32/h4,10,12-13,32H,3,5-9,11,14-17H2,1-2H3,(H,27,31)(H,29,30)/b19-4+. The van der Waals surface area contributed by atoms with E-state index in [1.807, 2.05) is 11.0 Å². The fraction of sp³-hybridized carbons (Fsp3) is 0.565. The molecule has 1 unspecified atom stereocenters. The molecule has 8 nitrogen and oxygen atoms in total. The molecule has 2 radical (unpaired) electrons. The van der Waals surface area contributed by atoms with E-state index in [1.165, 1.54) is 0 Å². The molecular weight excluding hydrogens is 407 g/mol. The van der Waals surface area contributed by atoms with E-state index in [-0.39, 0.29) is 18.0 Å². The molecule has 1 amide bonds. The predicted octanol–water partition coefficient (Wildman–Crippen LogP) is 3.26. The lowest BCUT2D eigenvalue weighted by Gasteiger charge is -2.24. The molecule has 1 aromatic heterocycles. The van der Waals surface area contributed by atoms with E-state index >= 15 is 0 Å². The average Bonchev–Trinajstić information content (AvgIpc) is 2.74. The molecule has 1 aromatic rings. The van der Waals surface area contributed by atoms with Crippen LogP contribution in [0.3, 0.4) is 0 Å². The summed E-state index contributed by atoms with van der Waals surface area (Å²) in [7, 11) is 5.58. The maximum atomic E-state index is 12.5. The number of allylic oxidation sites excluding steroid dienone is 1. The Morgan fingerprint density at radius 3 is 2.50 bits per heavy atom. The van der Waals surface area contributed by atoms with Crippen LogP contribution in [0.25, 0.3) is 0 Å². The zero-order valence-electron chi connectivity index (χ0n) is 19.2. The number of nitrogens with one attached hydrogen (secondary N) is 1. The molecule has 0 spiro atoms. The van der Waals surface area contributed by atoms with E-state index in [1.54, 1.807) is 32.1 Å². The Balaban J connectivity index is 2.71. The lowest BCUT2D eigenvalue weighted by atomic mass is 9.79. The van der Waals surface area contributed by atoms with Crippen molar-refractivity contribution in [1.29, 1.82) is 0 Å². The van der Waals surface area contributed by atoms with Crippen LogP contribution in [0.5, 0.6) is 0 Å². The first-order valence-corrected chi connectivity index (χ1v) is 11.1. The van der Waals surface area contributed by atoms with Gasteiger partial charge in [-0.3, -0.25) is 9.59 Å². The molecule has 0 saturated carbocycles. The molecule has 0 saturated heterocycles. The Hall–Kier alpha value is -2.68. The number of aliphatic imine (C=N–C) groups is 1. The first-order chi connectivity index (χ1) is 15.2. The van der Waals surface area contributed by atoms with Gasteiger partial charge in [-0.2, -0.15) is 0 Å². The molecule has 0 bridgehead atoms. The SMILES string of the molecule is [B]C(C)(O)CCCCCCCN(CCCC(=O)O)c1cccc(C(=O)N/C(=C/C)N=C)n1. The van der Waals surface area contributed by atoms with Gasteiger partial charge in [0.25, 0.3) is 5.91 Å². The van der Waals surface area contributed by atoms with Crippen LogP contribution in [-0.2, 0) is 4.79 Å². The minimum Gasteiger partial charge on any atom is -0.481 e. The van der Waals surface area contributed by atoms with E-state index in [2.05, 4.69) is 22.0 Å². The van der Waals surface area contributed by atoms with Crippen molar-refractivity contribution in [3.05, 3.63) is 35.8 Å². The minimum atomic E-state index is -1.11. The first-order valence-electron chi connectivity index (χ1n) is 11.1. The quantitative estimate of drug-likeness (QED) is 0.206. The average molecular weight is 442 g/mol. The van der Waals surface area contributed by atoms with Crippen molar-refractivity contribution in [3.63, 3.8) is 0 Å². The Bertz CT molecular complexity index is 778. The highest BCUT2D eigenvalue weighted by molar-refractivity contribution is 6.13. The number of aliphatic hydroxyl groups is 1. The van der Waals surface area contributed by atoms with E-state index in [0.717, 1.165) is 32.1 Å². The van der Waals surface area contributed by atoms with Crippen molar-refractivity contribution in [1.82, 2.24) is 10.3 Å². The Morgan fingerprint density at radius 1 is 1.22 bits per heavy atom. The van der Waals surface area contributed by atoms with Crippen LogP contribution in [0.1, 0.15) is 75.7 Å². The normalized spacial score (nSPS) is 13.3. The van der Waals surface area contributed by atoms with Gasteiger partial charge in [0, 0.05) is 25.0 Å². The molecule has 0 fully saturated rings. The lowest BCUT2D eigenvalue weighted by molar-refractivity contribution is -0.137. The number of hydrogen-bond acceptors (Lipinski definition) is 6. The summed E-state index contributed by atoms with van der Waals surface area (Å²) < 4.78 is 0. The molecule has 0 aromatic carbocycles. The number of unbranched alkanes of at least 4 members (excludes halogenated alkanes) is 4. The van der Waals surface area contributed by atoms with Crippen LogP contribution in [-0.4, -0.2) is 60.2 Å². The van der Waals surface area contributed by atoms with Gasteiger partial charge in [-0.15, -0.1) is 0 Å². The highest BCUT2D eigenvalue weighted by Gasteiger charge is 2.14. The van der Waals surface area contributed by atoms with Gasteiger partial charge in [-0.05, 0) is 58.0 Å². The third-order valence-corrected chi connectivity index (χ3v) is 4.91. The van der Waals surface area contributed by atoms with Gasteiger partial charge in [0.1, 0.15) is 25.2 Å². The van der Waals surface area contributed by atoms with E-state index in [4.69, 9.17) is 13.0 Å². The molecule has 1 rings (SSSR count). The second-order valence-corrected chi connectivity index (χ2v) is 8.03. The maximum Gasteiger partial charge on any atom is 0.303 e. The third kappa shape index (κ3) is 11.6. The number of carboxylic acids is 1. The second-order valence-electron chi connectivity index (χ2n) is 8.03. The summed E-state index contributed by atoms with van der Waals surface area (Å²) in [5, 5.41) is 21.2. The molecule has 3 N–H and O–H groups in total. The number of hydrogen-bond donors (Lipinski definition) is 3. The van der Waals surface area contributed by atoms with Crippen molar-refractivity contribution >= 4 is 32.3 Å². The first kappa shape index (κ1) is 27.4. The van der Waals surface area contributed by atoms with Gasteiger partial charge in [0.15, 0.2) is 0 Å². The van der Waals surface area contributed by atoms with Gasteiger partial charge >= 0.3 is 5.97 Å². The summed E-state index contributed by atoms with van der Waals surface area (Å²) in [6.45, 7) is 8.02. The summed E-state index contributed by atoms with van der Waals surface area (Å²) in [4.78, 5) is 33.6. The molecular formula is C23H35BN4O4. The summed E-state index contributed by atoms with van der Waals surface area (Å²) >= 11 is 0. The van der Waals surface area contributed by atoms with Crippen LogP contribution in [0.2, 0.25) is 0 Å². The van der Waals surface area contributed by atoms with Gasteiger partial charge in [-0.1, -0.05) is 31.7 Å². The van der Waals surface area contributed by atoms with Crippen molar-refractivity contribution in [2.75, 3.05) is 18.0 Å². The largest absolute Gasteiger partial charge is 0.481 e. The highest BCUT2D eigenvalue weighted by atomic mass is 16.4. The van der Waals surface area contributed by atoms with Crippen molar-refractivity contribution < 1.29 is 19.8 Å². The molecule has 0 aliphatic heterocycles. The Labute approximate surface area is 192 Å². The van der Waals surface area contributed by atoms with Crippen molar-refractivity contribution in [2.24, 2.45) is 4.99 Å². The summed E-state index contributed by atoms with van der Waals surface area (Å²) in [6, 6.07) is 5.21. The smallest absolute Gasteiger partial charge is 0.303 e. The number of aliphatic carboxylic acids is 1. The van der Waals surface area contributed by atoms with Crippen LogP contribution in [0, 0.1) is 0 Å². The summed E-state index contributed by atoms with van der Waals surface area (Å²) in [6.07, 6.45) is 7.57. The number of carbonyl (C=O) groups excluding carboxylic acids is 1. The number of carbonyl (C=O) groups is 2. The van der Waals surface area contributed by atoms with Gasteiger partial charge < -0.3 is 20.4 Å². The second kappa shape index (κ2) is 14.4. The molecule has 1 atom stereocenters. The molecule has 174 valence electrons. The highest BCUT2D eigenvalue weighted by Crippen LogP contribution is 2.16. The van der Waals surface area contributed by atoms with Crippen molar-refractivity contribution in [3.8, 4) is 0 Å². The number of aromatic nitrogens is 1. The number of carboxylic acid groups (broad SMARTS) is 1. The summed E-state index contributed by atoms with van der Waals surface area (Å²) in [5.41, 5.74) is -0.859. The molecule has 9 heteroatoms. The number of rotatable bonds is 16. The molecule has 1 heterocycles. The van der Waals surface area contributed by atoms with Crippen molar-refractivity contribution in [2.45, 2.75) is 70.7 Å². The third-order valence-electron chi connectivity index (χ3n) is 4.91. The maximum absolute atomic E-state index is 12.5. The zero-order chi connectivity index (χ0) is 24.0. The van der Waals surface area contributed by atoms with Gasteiger partial charge in [0.2, 0.25) is 0 Å². The number of nitrogens with zero attached hydrogens (tertiary/aromatic N) is 3. The summed E-state index contributed by atoms with van der Waals surface area (Å²) in [5.74, 6) is -0.223. The number of pyridine rings is 1. The molecule has 32 heavy (non-hydrogen) atoms. The van der Waals surface area contributed by atoms with Gasteiger partial charge in [-0.25, -0.2) is 9.98 Å². The van der Waals surface area contributed by atoms with Crippen LogP contribution < -0.4 is 10.2 Å². The topological polar surface area (TPSA) is 115 Å². The fourth-order valence-electron chi connectivity index (χ4n) is 3.19. The van der Waals surface area contributed by atoms with E-state index in [9.17, 15) is 14.7 Å². The van der Waals surface area contributed by atoms with E-state index in [0.29, 0.717) is 37.6 Å². The minimum absolute atomic E-state index is 0.0748. The van der Waals surface area contributed by atoms with Gasteiger partial charge in [0.05, 0.1) is 0 Å². The Morgan fingerprint density at radius 2 is 1.88 bits per heavy atom. The monoisotopic (exact) mass is 442 g/mol. The molecule has 0 aliphatic rings. The predicted molar refractivity (Wildman–Crippen MR) is 128 cm³/mol. The number of amides is 1. The number of anilines is 1. The molecule has 0 aliphatic carbocycles. The van der Waals surface area contributed by atoms with Crippen LogP contribution in [0.4, 0.5) is 5.82 Å². The zero-order valence-corrected chi connectivity index (χ0v) is 19.2.